The van der Waals surface area contributed by atoms with E-state index in [1.807, 2.05) is 59.6 Å². The molecular formula is C22H21N5O2S. The smallest absolute Gasteiger partial charge is 0.256 e. The van der Waals surface area contributed by atoms with Gasteiger partial charge in [-0.3, -0.25) is 9.69 Å². The molecule has 7 nitrogen and oxygen atoms in total. The molecule has 0 saturated heterocycles. The van der Waals surface area contributed by atoms with Crippen LogP contribution in [0.1, 0.15) is 16.8 Å². The number of aromatic nitrogens is 4. The van der Waals surface area contributed by atoms with Crippen LogP contribution in [0.4, 0.5) is 0 Å². The Balaban J connectivity index is 1.46. The summed E-state index contributed by atoms with van der Waals surface area (Å²) in [5, 5.41) is 5.46. The summed E-state index contributed by atoms with van der Waals surface area (Å²) in [6.45, 7) is 2.08. The molecule has 3 aromatic heterocycles. The van der Waals surface area contributed by atoms with E-state index in [0.29, 0.717) is 18.2 Å². The molecule has 0 amide bonds. The van der Waals surface area contributed by atoms with Crippen LogP contribution in [-0.4, -0.2) is 37.4 Å². The highest BCUT2D eigenvalue weighted by Gasteiger charge is 2.24. The van der Waals surface area contributed by atoms with E-state index in [1.165, 1.54) is 11.8 Å². The van der Waals surface area contributed by atoms with Crippen molar-refractivity contribution < 1.29 is 4.42 Å². The van der Waals surface area contributed by atoms with E-state index in [2.05, 4.69) is 14.9 Å². The van der Waals surface area contributed by atoms with E-state index in [-0.39, 0.29) is 5.56 Å². The first kappa shape index (κ1) is 18.9. The van der Waals surface area contributed by atoms with Crippen LogP contribution in [-0.2, 0) is 19.5 Å². The lowest BCUT2D eigenvalue weighted by Crippen LogP contribution is -2.35. The molecule has 152 valence electrons. The van der Waals surface area contributed by atoms with E-state index < -0.39 is 0 Å². The van der Waals surface area contributed by atoms with Crippen molar-refractivity contribution in [3.05, 3.63) is 82.1 Å². The standard InChI is InChI=1S/C22H21N5O2S/c1-30-22-23-18-9-10-26(14-17(18)21(28)24-22)12-15-13-27(16-6-3-2-4-7-16)25-20(15)19-8-5-11-29-19/h2-8,11,13H,9-10,12,14H2,1H3,(H,23,24,28). The molecule has 5 rings (SSSR count). The quantitative estimate of drug-likeness (QED) is 0.394. The molecule has 0 fully saturated rings. The molecule has 0 unspecified atom stereocenters. The first-order valence-corrected chi connectivity index (χ1v) is 11.0. The molecule has 30 heavy (non-hydrogen) atoms. The maximum Gasteiger partial charge on any atom is 0.256 e. The second-order valence-electron chi connectivity index (χ2n) is 7.22. The van der Waals surface area contributed by atoms with Crippen LogP contribution in [0.2, 0.25) is 0 Å². The number of hydrogen-bond acceptors (Lipinski definition) is 6. The van der Waals surface area contributed by atoms with Gasteiger partial charge in [-0.2, -0.15) is 5.10 Å². The highest BCUT2D eigenvalue weighted by atomic mass is 32.2. The number of rotatable bonds is 5. The van der Waals surface area contributed by atoms with Crippen LogP contribution in [0.3, 0.4) is 0 Å². The van der Waals surface area contributed by atoms with Crippen LogP contribution >= 0.6 is 11.8 Å². The zero-order chi connectivity index (χ0) is 20.5. The van der Waals surface area contributed by atoms with Gasteiger partial charge >= 0.3 is 0 Å². The Hall–Kier alpha value is -3.10. The first-order chi connectivity index (χ1) is 14.7. The van der Waals surface area contributed by atoms with E-state index >= 15 is 0 Å². The van der Waals surface area contributed by atoms with Crippen LogP contribution in [0.15, 0.2) is 69.3 Å². The number of nitrogens with zero attached hydrogens (tertiary/aromatic N) is 4. The molecule has 0 atom stereocenters. The van der Waals surface area contributed by atoms with Crippen LogP contribution in [0.5, 0.6) is 0 Å². The zero-order valence-electron chi connectivity index (χ0n) is 16.5. The normalized spacial score (nSPS) is 14.0. The molecule has 1 aromatic carbocycles. The number of aromatic amines is 1. The molecule has 1 N–H and O–H groups in total. The van der Waals surface area contributed by atoms with Gasteiger partial charge in [0, 0.05) is 37.8 Å². The fraction of sp³-hybridized carbons (Fsp3) is 0.227. The lowest BCUT2D eigenvalue weighted by molar-refractivity contribution is 0.241. The molecule has 0 radical (unpaired) electrons. The van der Waals surface area contributed by atoms with Gasteiger partial charge in [0.05, 0.1) is 23.2 Å². The fourth-order valence-electron chi connectivity index (χ4n) is 3.79. The Bertz CT molecular complexity index is 1210. The SMILES string of the molecule is CSc1nc2c(c(=O)[nH]1)CN(Cc1cn(-c3ccccc3)nc1-c1ccco1)CC2. The Morgan fingerprint density at radius 1 is 1.20 bits per heavy atom. The highest BCUT2D eigenvalue weighted by molar-refractivity contribution is 7.98. The second-order valence-corrected chi connectivity index (χ2v) is 8.02. The van der Waals surface area contributed by atoms with Crippen molar-refractivity contribution in [3.8, 4) is 17.1 Å². The van der Waals surface area contributed by atoms with Crippen molar-refractivity contribution in [2.45, 2.75) is 24.7 Å². The summed E-state index contributed by atoms with van der Waals surface area (Å²) in [4.78, 5) is 22.2. The van der Waals surface area contributed by atoms with Crippen LogP contribution in [0, 0.1) is 0 Å². The monoisotopic (exact) mass is 419 g/mol. The average molecular weight is 420 g/mol. The number of para-hydroxylation sites is 1. The Morgan fingerprint density at radius 3 is 2.83 bits per heavy atom. The van der Waals surface area contributed by atoms with Gasteiger partial charge in [0.2, 0.25) is 0 Å². The Labute approximate surface area is 177 Å². The van der Waals surface area contributed by atoms with E-state index in [1.54, 1.807) is 6.26 Å². The molecular weight excluding hydrogens is 398 g/mol. The summed E-state index contributed by atoms with van der Waals surface area (Å²) in [5.41, 5.74) is 4.49. The third-order valence-electron chi connectivity index (χ3n) is 5.28. The fourth-order valence-corrected chi connectivity index (χ4v) is 4.19. The van der Waals surface area contributed by atoms with Crippen LogP contribution < -0.4 is 5.56 Å². The summed E-state index contributed by atoms with van der Waals surface area (Å²) < 4.78 is 7.52. The summed E-state index contributed by atoms with van der Waals surface area (Å²) in [5.74, 6) is 0.737. The third kappa shape index (κ3) is 3.59. The highest BCUT2D eigenvalue weighted by Crippen LogP contribution is 2.27. The zero-order valence-corrected chi connectivity index (χ0v) is 17.4. The summed E-state index contributed by atoms with van der Waals surface area (Å²) in [7, 11) is 0. The molecule has 1 aliphatic heterocycles. The lowest BCUT2D eigenvalue weighted by atomic mass is 10.1. The maximum absolute atomic E-state index is 12.5. The number of H-pyrrole nitrogens is 1. The number of hydrogen-bond donors (Lipinski definition) is 1. The van der Waals surface area contributed by atoms with Gasteiger partial charge < -0.3 is 9.40 Å². The number of benzene rings is 1. The summed E-state index contributed by atoms with van der Waals surface area (Å²) in [6, 6.07) is 13.8. The second kappa shape index (κ2) is 7.97. The van der Waals surface area contributed by atoms with Crippen molar-refractivity contribution >= 4 is 11.8 Å². The van der Waals surface area contributed by atoms with Crippen molar-refractivity contribution in [2.24, 2.45) is 0 Å². The topological polar surface area (TPSA) is 80.0 Å². The third-order valence-corrected chi connectivity index (χ3v) is 5.86. The number of thioether (sulfide) groups is 1. The summed E-state index contributed by atoms with van der Waals surface area (Å²) in [6.07, 6.45) is 6.38. The predicted octanol–water partition coefficient (Wildman–Crippen LogP) is 3.50. The number of fused-ring (bicyclic) bond motifs is 1. The molecule has 0 saturated carbocycles. The average Bonchev–Trinajstić information content (AvgIpc) is 3.44. The van der Waals surface area contributed by atoms with E-state index in [0.717, 1.165) is 46.9 Å². The largest absolute Gasteiger partial charge is 0.463 e. The maximum atomic E-state index is 12.5. The van der Waals surface area contributed by atoms with Gasteiger partial charge in [-0.05, 0) is 30.5 Å². The van der Waals surface area contributed by atoms with Gasteiger partial charge in [0.1, 0.15) is 5.69 Å². The van der Waals surface area contributed by atoms with Crippen molar-refractivity contribution in [1.29, 1.82) is 0 Å². The molecule has 0 spiro atoms. The van der Waals surface area contributed by atoms with Gasteiger partial charge in [-0.1, -0.05) is 30.0 Å². The molecule has 4 heterocycles. The molecule has 8 heteroatoms. The lowest BCUT2D eigenvalue weighted by Gasteiger charge is -2.27. The Kier molecular flexibility index (Phi) is 5.02. The molecule has 0 bridgehead atoms. The minimum atomic E-state index is -0.0414. The Morgan fingerprint density at radius 2 is 2.07 bits per heavy atom. The minimum Gasteiger partial charge on any atom is -0.463 e. The molecule has 0 aliphatic carbocycles. The number of nitrogens with one attached hydrogen (secondary N) is 1. The van der Waals surface area contributed by atoms with Crippen molar-refractivity contribution in [2.75, 3.05) is 12.8 Å². The van der Waals surface area contributed by atoms with Gasteiger partial charge in [-0.15, -0.1) is 0 Å². The van der Waals surface area contributed by atoms with E-state index in [9.17, 15) is 4.79 Å². The summed E-state index contributed by atoms with van der Waals surface area (Å²) >= 11 is 1.46. The predicted molar refractivity (Wildman–Crippen MR) is 116 cm³/mol. The van der Waals surface area contributed by atoms with Crippen molar-refractivity contribution in [3.63, 3.8) is 0 Å². The first-order valence-electron chi connectivity index (χ1n) is 9.77. The van der Waals surface area contributed by atoms with Gasteiger partial charge in [-0.25, -0.2) is 9.67 Å². The van der Waals surface area contributed by atoms with Crippen molar-refractivity contribution in [1.82, 2.24) is 24.6 Å². The molecule has 4 aromatic rings. The van der Waals surface area contributed by atoms with E-state index in [4.69, 9.17) is 9.52 Å². The van der Waals surface area contributed by atoms with Crippen LogP contribution in [0.25, 0.3) is 17.1 Å². The van der Waals surface area contributed by atoms with Gasteiger partial charge in [0.15, 0.2) is 10.9 Å². The number of furan rings is 1. The minimum absolute atomic E-state index is 0.0414. The van der Waals surface area contributed by atoms with Gasteiger partial charge in [0.25, 0.3) is 5.56 Å². The molecule has 1 aliphatic rings.